The fourth-order valence-electron chi connectivity index (χ4n) is 2.67. The van der Waals surface area contributed by atoms with Gasteiger partial charge in [-0.1, -0.05) is 30.3 Å². The third kappa shape index (κ3) is 2.97. The predicted octanol–water partition coefficient (Wildman–Crippen LogP) is 2.67. The minimum Gasteiger partial charge on any atom is -0.493 e. The number of nitrogens with two attached hydrogens (primary N) is 1. The SMILES string of the molecule is CN(C(=O)C[C@H](N)c1ccccc1)c1ccc2c(c1)CCO2. The van der Waals surface area contributed by atoms with Crippen molar-refractivity contribution < 1.29 is 9.53 Å². The van der Waals surface area contributed by atoms with Crippen LogP contribution in [0, 0.1) is 0 Å². The summed E-state index contributed by atoms with van der Waals surface area (Å²) in [4.78, 5) is 14.1. The van der Waals surface area contributed by atoms with E-state index in [-0.39, 0.29) is 18.4 Å². The molecular weight excluding hydrogens is 276 g/mol. The van der Waals surface area contributed by atoms with Crippen LogP contribution in [0.3, 0.4) is 0 Å². The molecular formula is C18H20N2O2. The molecule has 0 aromatic heterocycles. The van der Waals surface area contributed by atoms with Crippen molar-refractivity contribution in [3.05, 3.63) is 59.7 Å². The lowest BCUT2D eigenvalue weighted by Gasteiger charge is -2.20. The Hall–Kier alpha value is -2.33. The van der Waals surface area contributed by atoms with Crippen molar-refractivity contribution in [3.63, 3.8) is 0 Å². The van der Waals surface area contributed by atoms with Crippen LogP contribution in [-0.4, -0.2) is 19.6 Å². The molecule has 1 aliphatic rings. The second-order valence-corrected chi connectivity index (χ2v) is 5.56. The highest BCUT2D eigenvalue weighted by molar-refractivity contribution is 5.93. The van der Waals surface area contributed by atoms with Gasteiger partial charge in [-0.25, -0.2) is 0 Å². The summed E-state index contributed by atoms with van der Waals surface area (Å²) in [6.07, 6.45) is 1.18. The van der Waals surface area contributed by atoms with Gasteiger partial charge in [-0.05, 0) is 29.3 Å². The van der Waals surface area contributed by atoms with E-state index in [0.717, 1.165) is 35.6 Å². The number of hydrogen-bond acceptors (Lipinski definition) is 3. The second-order valence-electron chi connectivity index (χ2n) is 5.56. The highest BCUT2D eigenvalue weighted by atomic mass is 16.5. The molecule has 0 saturated carbocycles. The molecule has 0 radical (unpaired) electrons. The summed E-state index contributed by atoms with van der Waals surface area (Å²) in [5.41, 5.74) is 9.15. The number of anilines is 1. The van der Waals surface area contributed by atoms with E-state index in [2.05, 4.69) is 0 Å². The van der Waals surface area contributed by atoms with Crippen molar-refractivity contribution in [2.45, 2.75) is 18.9 Å². The minimum atomic E-state index is -0.283. The van der Waals surface area contributed by atoms with Gasteiger partial charge in [0, 0.05) is 31.6 Å². The zero-order chi connectivity index (χ0) is 15.5. The van der Waals surface area contributed by atoms with Gasteiger partial charge in [0.15, 0.2) is 0 Å². The van der Waals surface area contributed by atoms with Gasteiger partial charge >= 0.3 is 0 Å². The predicted molar refractivity (Wildman–Crippen MR) is 87.0 cm³/mol. The highest BCUT2D eigenvalue weighted by Gasteiger charge is 2.19. The fourth-order valence-corrected chi connectivity index (χ4v) is 2.67. The van der Waals surface area contributed by atoms with Gasteiger partial charge < -0.3 is 15.4 Å². The maximum atomic E-state index is 12.4. The van der Waals surface area contributed by atoms with Crippen LogP contribution in [0.15, 0.2) is 48.5 Å². The third-order valence-corrected chi connectivity index (χ3v) is 4.06. The molecule has 0 spiro atoms. The first-order chi connectivity index (χ1) is 10.6. The number of carbonyl (C=O) groups is 1. The van der Waals surface area contributed by atoms with Crippen molar-refractivity contribution in [1.82, 2.24) is 0 Å². The second kappa shape index (κ2) is 6.20. The molecule has 1 aliphatic heterocycles. The molecule has 2 N–H and O–H groups in total. The van der Waals surface area contributed by atoms with E-state index in [1.165, 1.54) is 0 Å². The molecule has 4 nitrogen and oxygen atoms in total. The number of rotatable bonds is 4. The van der Waals surface area contributed by atoms with Crippen LogP contribution < -0.4 is 15.4 Å². The normalized spacial score (nSPS) is 14.1. The lowest BCUT2D eigenvalue weighted by Crippen LogP contribution is -2.29. The topological polar surface area (TPSA) is 55.6 Å². The van der Waals surface area contributed by atoms with Crippen molar-refractivity contribution >= 4 is 11.6 Å². The first kappa shape index (κ1) is 14.6. The van der Waals surface area contributed by atoms with Crippen LogP contribution in [0.2, 0.25) is 0 Å². The molecule has 1 atom stereocenters. The van der Waals surface area contributed by atoms with Crippen LogP contribution in [0.4, 0.5) is 5.69 Å². The van der Waals surface area contributed by atoms with Crippen LogP contribution in [0.25, 0.3) is 0 Å². The number of carbonyl (C=O) groups excluding carboxylic acids is 1. The van der Waals surface area contributed by atoms with Gasteiger partial charge in [0.05, 0.1) is 6.61 Å². The fraction of sp³-hybridized carbons (Fsp3) is 0.278. The Balaban J connectivity index is 1.69. The molecule has 1 amide bonds. The van der Waals surface area contributed by atoms with Crippen molar-refractivity contribution in [3.8, 4) is 5.75 Å². The van der Waals surface area contributed by atoms with E-state index in [9.17, 15) is 4.79 Å². The average molecular weight is 296 g/mol. The monoisotopic (exact) mass is 296 g/mol. The van der Waals surface area contributed by atoms with Crippen molar-refractivity contribution in [2.24, 2.45) is 5.73 Å². The Morgan fingerprint density at radius 3 is 2.82 bits per heavy atom. The molecule has 2 aromatic carbocycles. The van der Waals surface area contributed by atoms with Crippen LogP contribution in [0.5, 0.6) is 5.75 Å². The van der Waals surface area contributed by atoms with Gasteiger partial charge in [-0.3, -0.25) is 4.79 Å². The van der Waals surface area contributed by atoms with Gasteiger partial charge in [0.25, 0.3) is 0 Å². The van der Waals surface area contributed by atoms with E-state index in [1.807, 2.05) is 48.5 Å². The minimum absolute atomic E-state index is 0.00946. The Labute approximate surface area is 130 Å². The lowest BCUT2D eigenvalue weighted by molar-refractivity contribution is -0.118. The Morgan fingerprint density at radius 2 is 2.05 bits per heavy atom. The summed E-state index contributed by atoms with van der Waals surface area (Å²) < 4.78 is 5.49. The van der Waals surface area contributed by atoms with Gasteiger partial charge in [-0.15, -0.1) is 0 Å². The zero-order valence-corrected chi connectivity index (χ0v) is 12.7. The standard InChI is InChI=1S/C18H20N2O2/c1-20(15-7-8-17-14(11-15)9-10-22-17)18(21)12-16(19)13-5-3-2-4-6-13/h2-8,11,16H,9-10,12,19H2,1H3/t16-/m0/s1. The molecule has 0 bridgehead atoms. The van der Waals surface area contributed by atoms with Crippen LogP contribution in [0.1, 0.15) is 23.6 Å². The number of hydrogen-bond donors (Lipinski definition) is 1. The van der Waals surface area contributed by atoms with Crippen molar-refractivity contribution in [2.75, 3.05) is 18.6 Å². The number of benzene rings is 2. The average Bonchev–Trinajstić information content (AvgIpc) is 3.02. The first-order valence-electron chi connectivity index (χ1n) is 7.48. The molecule has 0 fully saturated rings. The lowest BCUT2D eigenvalue weighted by atomic mass is 10.0. The van der Waals surface area contributed by atoms with Crippen LogP contribution in [-0.2, 0) is 11.2 Å². The number of fused-ring (bicyclic) bond motifs is 1. The Kier molecular flexibility index (Phi) is 4.11. The van der Waals surface area contributed by atoms with Gasteiger partial charge in [0.2, 0.25) is 5.91 Å². The number of amides is 1. The summed E-state index contributed by atoms with van der Waals surface area (Å²) in [5.74, 6) is 0.931. The van der Waals surface area contributed by atoms with Gasteiger partial charge in [-0.2, -0.15) is 0 Å². The summed E-state index contributed by atoms with van der Waals surface area (Å²) >= 11 is 0. The van der Waals surface area contributed by atoms with E-state index in [0.29, 0.717) is 0 Å². The van der Waals surface area contributed by atoms with Crippen molar-refractivity contribution in [1.29, 1.82) is 0 Å². The molecule has 0 aliphatic carbocycles. The van der Waals surface area contributed by atoms with E-state index in [1.54, 1.807) is 11.9 Å². The molecule has 22 heavy (non-hydrogen) atoms. The third-order valence-electron chi connectivity index (χ3n) is 4.06. The van der Waals surface area contributed by atoms with E-state index in [4.69, 9.17) is 10.5 Å². The summed E-state index contributed by atoms with van der Waals surface area (Å²) in [6.45, 7) is 0.718. The summed E-state index contributed by atoms with van der Waals surface area (Å²) in [5, 5.41) is 0. The zero-order valence-electron chi connectivity index (χ0n) is 12.7. The molecule has 3 rings (SSSR count). The quantitative estimate of drug-likeness (QED) is 0.943. The van der Waals surface area contributed by atoms with E-state index < -0.39 is 0 Å². The van der Waals surface area contributed by atoms with Gasteiger partial charge in [0.1, 0.15) is 5.75 Å². The molecule has 114 valence electrons. The molecule has 1 heterocycles. The molecule has 0 unspecified atom stereocenters. The van der Waals surface area contributed by atoms with E-state index >= 15 is 0 Å². The van der Waals surface area contributed by atoms with Crippen LogP contribution >= 0.6 is 0 Å². The number of nitrogens with zero attached hydrogens (tertiary/aromatic N) is 1. The Morgan fingerprint density at radius 1 is 1.27 bits per heavy atom. The molecule has 2 aromatic rings. The molecule has 0 saturated heterocycles. The maximum Gasteiger partial charge on any atom is 0.228 e. The first-order valence-corrected chi connectivity index (χ1v) is 7.48. The Bertz CT molecular complexity index is 670. The summed E-state index contributed by atoms with van der Waals surface area (Å²) in [6, 6.07) is 15.3. The highest BCUT2D eigenvalue weighted by Crippen LogP contribution is 2.29. The molecule has 4 heteroatoms. The maximum absolute atomic E-state index is 12.4. The summed E-state index contributed by atoms with van der Waals surface area (Å²) in [7, 11) is 1.79. The largest absolute Gasteiger partial charge is 0.493 e. The smallest absolute Gasteiger partial charge is 0.228 e. The number of ether oxygens (including phenoxy) is 1.